The molecule has 5 nitrogen and oxygen atoms in total. The van der Waals surface area contributed by atoms with Crippen molar-refractivity contribution in [1.82, 2.24) is 10.1 Å². The molecule has 0 aliphatic carbocycles. The van der Waals surface area contributed by atoms with E-state index < -0.39 is 5.97 Å². The molecular formula is C9H14N2O3. The zero-order chi connectivity index (χ0) is 10.6. The standard InChI is InChI=1S/C9H14N2O3/c1-6(2)9-10-7(11-14-9)4-3-5-8(12)13/h6H,3-5H2,1-2H3,(H,12,13). The molecule has 1 aromatic heterocycles. The summed E-state index contributed by atoms with van der Waals surface area (Å²) in [6, 6.07) is 0. The van der Waals surface area contributed by atoms with Crippen molar-refractivity contribution in [2.24, 2.45) is 0 Å². The third kappa shape index (κ3) is 3.16. The monoisotopic (exact) mass is 198 g/mol. The molecule has 1 heterocycles. The number of nitrogens with zero attached hydrogens (tertiary/aromatic N) is 2. The highest BCUT2D eigenvalue weighted by Crippen LogP contribution is 2.11. The van der Waals surface area contributed by atoms with Crippen LogP contribution in [0.3, 0.4) is 0 Å². The predicted molar refractivity (Wildman–Crippen MR) is 49.0 cm³/mol. The minimum absolute atomic E-state index is 0.144. The summed E-state index contributed by atoms with van der Waals surface area (Å²) in [5.74, 6) is 0.624. The van der Waals surface area contributed by atoms with E-state index in [1.165, 1.54) is 0 Å². The molecule has 1 N–H and O–H groups in total. The van der Waals surface area contributed by atoms with Gasteiger partial charge in [0.05, 0.1) is 0 Å². The maximum atomic E-state index is 10.2. The molecular weight excluding hydrogens is 184 g/mol. The molecule has 1 rings (SSSR count). The van der Waals surface area contributed by atoms with Crippen LogP contribution in [-0.2, 0) is 11.2 Å². The van der Waals surface area contributed by atoms with Gasteiger partial charge >= 0.3 is 5.97 Å². The smallest absolute Gasteiger partial charge is 0.303 e. The van der Waals surface area contributed by atoms with Crippen molar-refractivity contribution in [2.45, 2.75) is 39.0 Å². The molecule has 0 aliphatic heterocycles. The van der Waals surface area contributed by atoms with E-state index in [9.17, 15) is 4.79 Å². The Morgan fingerprint density at radius 2 is 2.29 bits per heavy atom. The molecule has 14 heavy (non-hydrogen) atoms. The summed E-state index contributed by atoms with van der Waals surface area (Å²) in [5.41, 5.74) is 0. The second kappa shape index (κ2) is 4.74. The second-order valence-electron chi connectivity index (χ2n) is 3.45. The summed E-state index contributed by atoms with van der Waals surface area (Å²) >= 11 is 0. The van der Waals surface area contributed by atoms with Crippen LogP contribution < -0.4 is 0 Å². The first-order valence-electron chi connectivity index (χ1n) is 4.64. The molecule has 0 atom stereocenters. The predicted octanol–water partition coefficient (Wildman–Crippen LogP) is 1.60. The highest BCUT2D eigenvalue weighted by molar-refractivity contribution is 5.66. The summed E-state index contributed by atoms with van der Waals surface area (Å²) in [4.78, 5) is 14.4. The van der Waals surface area contributed by atoms with Crippen LogP contribution >= 0.6 is 0 Å². The number of aryl methyl sites for hydroxylation is 1. The molecule has 0 aliphatic rings. The van der Waals surface area contributed by atoms with Gasteiger partial charge in [0, 0.05) is 18.8 Å². The van der Waals surface area contributed by atoms with Crippen LogP contribution in [0.25, 0.3) is 0 Å². The number of carboxylic acid groups (broad SMARTS) is 1. The van der Waals surface area contributed by atoms with Gasteiger partial charge in [-0.25, -0.2) is 0 Å². The second-order valence-corrected chi connectivity index (χ2v) is 3.45. The molecule has 0 saturated heterocycles. The highest BCUT2D eigenvalue weighted by Gasteiger charge is 2.09. The van der Waals surface area contributed by atoms with Crippen molar-refractivity contribution in [3.63, 3.8) is 0 Å². The van der Waals surface area contributed by atoms with Crippen molar-refractivity contribution in [2.75, 3.05) is 0 Å². The van der Waals surface area contributed by atoms with Gasteiger partial charge in [0.15, 0.2) is 5.82 Å². The van der Waals surface area contributed by atoms with E-state index in [2.05, 4.69) is 10.1 Å². The molecule has 0 saturated carbocycles. The Morgan fingerprint density at radius 3 is 2.79 bits per heavy atom. The van der Waals surface area contributed by atoms with Gasteiger partial charge in [-0.05, 0) is 6.42 Å². The SMILES string of the molecule is CC(C)c1nc(CCCC(=O)O)no1. The number of aliphatic carboxylic acids is 1. The molecule has 0 aromatic carbocycles. The van der Waals surface area contributed by atoms with Crippen molar-refractivity contribution in [3.05, 3.63) is 11.7 Å². The van der Waals surface area contributed by atoms with Gasteiger partial charge in [-0.15, -0.1) is 0 Å². The lowest BCUT2D eigenvalue weighted by atomic mass is 10.2. The van der Waals surface area contributed by atoms with Gasteiger partial charge in [0.25, 0.3) is 0 Å². The Balaban J connectivity index is 2.40. The third-order valence-electron chi connectivity index (χ3n) is 1.77. The maximum Gasteiger partial charge on any atom is 0.303 e. The molecule has 1 aromatic rings. The molecule has 0 amide bonds. The average molecular weight is 198 g/mol. The topological polar surface area (TPSA) is 76.2 Å². The number of carbonyl (C=O) groups is 1. The van der Waals surface area contributed by atoms with Crippen LogP contribution in [0.15, 0.2) is 4.52 Å². The molecule has 0 unspecified atom stereocenters. The lowest BCUT2D eigenvalue weighted by molar-refractivity contribution is -0.137. The van der Waals surface area contributed by atoms with Crippen LogP contribution in [0, 0.1) is 0 Å². The van der Waals surface area contributed by atoms with Crippen molar-refractivity contribution in [3.8, 4) is 0 Å². The summed E-state index contributed by atoms with van der Waals surface area (Å²) in [6.07, 6.45) is 1.25. The minimum Gasteiger partial charge on any atom is -0.481 e. The number of aromatic nitrogens is 2. The van der Waals surface area contributed by atoms with E-state index in [1.54, 1.807) is 0 Å². The van der Waals surface area contributed by atoms with Gasteiger partial charge in [0.1, 0.15) is 0 Å². The van der Waals surface area contributed by atoms with Crippen molar-refractivity contribution < 1.29 is 14.4 Å². The van der Waals surface area contributed by atoms with Crippen LogP contribution in [0.2, 0.25) is 0 Å². The molecule has 0 bridgehead atoms. The fourth-order valence-electron chi connectivity index (χ4n) is 1.00. The molecule has 0 fully saturated rings. The fraction of sp³-hybridized carbons (Fsp3) is 0.667. The number of hydrogen-bond donors (Lipinski definition) is 1. The van der Waals surface area contributed by atoms with Crippen LogP contribution in [0.4, 0.5) is 0 Å². The van der Waals surface area contributed by atoms with E-state index >= 15 is 0 Å². The van der Waals surface area contributed by atoms with Gasteiger partial charge in [-0.3, -0.25) is 4.79 Å². The highest BCUT2D eigenvalue weighted by atomic mass is 16.5. The zero-order valence-corrected chi connectivity index (χ0v) is 8.36. The van der Waals surface area contributed by atoms with E-state index in [4.69, 9.17) is 9.63 Å². The largest absolute Gasteiger partial charge is 0.481 e. The van der Waals surface area contributed by atoms with Gasteiger partial charge < -0.3 is 9.63 Å². The Kier molecular flexibility index (Phi) is 3.62. The van der Waals surface area contributed by atoms with Crippen LogP contribution in [0.5, 0.6) is 0 Å². The minimum atomic E-state index is -0.794. The normalized spacial score (nSPS) is 10.8. The Morgan fingerprint density at radius 1 is 1.57 bits per heavy atom. The summed E-state index contributed by atoms with van der Waals surface area (Å²) in [5, 5.41) is 12.2. The fourth-order valence-corrected chi connectivity index (χ4v) is 1.00. The molecule has 0 spiro atoms. The zero-order valence-electron chi connectivity index (χ0n) is 8.36. The molecule has 0 radical (unpaired) electrons. The number of hydrogen-bond acceptors (Lipinski definition) is 4. The van der Waals surface area contributed by atoms with Gasteiger partial charge in [-0.1, -0.05) is 19.0 Å². The lowest BCUT2D eigenvalue weighted by Gasteiger charge is -1.92. The Hall–Kier alpha value is -1.39. The van der Waals surface area contributed by atoms with E-state index in [-0.39, 0.29) is 12.3 Å². The summed E-state index contributed by atoms with van der Waals surface area (Å²) < 4.78 is 4.98. The molecule has 78 valence electrons. The first kappa shape index (κ1) is 10.7. The summed E-state index contributed by atoms with van der Waals surface area (Å²) in [6.45, 7) is 3.93. The number of rotatable bonds is 5. The van der Waals surface area contributed by atoms with E-state index in [0.29, 0.717) is 24.6 Å². The maximum absolute atomic E-state index is 10.2. The van der Waals surface area contributed by atoms with E-state index in [1.807, 2.05) is 13.8 Å². The number of carboxylic acids is 1. The molecule has 5 heteroatoms. The lowest BCUT2D eigenvalue weighted by Crippen LogP contribution is -1.97. The van der Waals surface area contributed by atoms with Gasteiger partial charge in [0.2, 0.25) is 5.89 Å². The Bertz CT molecular complexity index is 307. The van der Waals surface area contributed by atoms with Crippen LogP contribution in [0.1, 0.15) is 44.3 Å². The van der Waals surface area contributed by atoms with Crippen LogP contribution in [-0.4, -0.2) is 21.2 Å². The Labute approximate surface area is 82.1 Å². The average Bonchev–Trinajstić information content (AvgIpc) is 2.52. The first-order chi connectivity index (χ1) is 6.59. The van der Waals surface area contributed by atoms with Crippen molar-refractivity contribution in [1.29, 1.82) is 0 Å². The first-order valence-corrected chi connectivity index (χ1v) is 4.64. The van der Waals surface area contributed by atoms with Crippen molar-refractivity contribution >= 4 is 5.97 Å². The van der Waals surface area contributed by atoms with E-state index in [0.717, 1.165) is 0 Å². The van der Waals surface area contributed by atoms with Gasteiger partial charge in [-0.2, -0.15) is 4.98 Å². The quantitative estimate of drug-likeness (QED) is 0.777. The summed E-state index contributed by atoms with van der Waals surface area (Å²) in [7, 11) is 0. The third-order valence-corrected chi connectivity index (χ3v) is 1.77.